The summed E-state index contributed by atoms with van der Waals surface area (Å²) in [5.74, 6) is 0.497. The monoisotopic (exact) mass is 335 g/mol. The van der Waals surface area contributed by atoms with E-state index in [9.17, 15) is 9.59 Å². The molecule has 0 spiro atoms. The maximum atomic E-state index is 12.1. The number of anilines is 1. The second kappa shape index (κ2) is 8.36. The smallest absolute Gasteiger partial charge is 0.238 e. The largest absolute Gasteiger partial charge is 0.352 e. The lowest BCUT2D eigenvalue weighted by Gasteiger charge is -2.19. The van der Waals surface area contributed by atoms with Gasteiger partial charge in [-0.05, 0) is 51.1 Å². The lowest BCUT2D eigenvalue weighted by atomic mass is 10.2. The molecular weight excluding hydrogens is 310 g/mol. The highest BCUT2D eigenvalue weighted by Crippen LogP contribution is 2.32. The van der Waals surface area contributed by atoms with Crippen molar-refractivity contribution in [3.05, 3.63) is 24.3 Å². The molecule has 2 rings (SSSR count). The fourth-order valence-electron chi connectivity index (χ4n) is 2.50. The lowest BCUT2D eigenvalue weighted by molar-refractivity contribution is -0.123. The number of amides is 2. The number of rotatable bonds is 8. The van der Waals surface area contributed by atoms with Crippen LogP contribution in [0.1, 0.15) is 19.8 Å². The van der Waals surface area contributed by atoms with Gasteiger partial charge < -0.3 is 10.6 Å². The van der Waals surface area contributed by atoms with Gasteiger partial charge in [-0.2, -0.15) is 0 Å². The summed E-state index contributed by atoms with van der Waals surface area (Å²) in [6.07, 6.45) is 4.38. The number of hydrogen-bond donors (Lipinski definition) is 2. The summed E-state index contributed by atoms with van der Waals surface area (Å²) < 4.78 is 0. The third kappa shape index (κ3) is 5.88. The van der Waals surface area contributed by atoms with Gasteiger partial charge in [-0.1, -0.05) is 12.1 Å². The summed E-state index contributed by atoms with van der Waals surface area (Å²) in [5, 5.41) is 5.90. The van der Waals surface area contributed by atoms with Crippen LogP contribution >= 0.6 is 11.8 Å². The molecule has 6 heteroatoms. The Labute approximate surface area is 142 Å². The fourth-order valence-corrected chi connectivity index (χ4v) is 3.05. The first-order valence-corrected chi connectivity index (χ1v) is 9.13. The predicted molar refractivity (Wildman–Crippen MR) is 94.7 cm³/mol. The van der Waals surface area contributed by atoms with Crippen LogP contribution in [-0.2, 0) is 9.59 Å². The highest BCUT2D eigenvalue weighted by Gasteiger charge is 2.29. The van der Waals surface area contributed by atoms with Gasteiger partial charge in [0.2, 0.25) is 11.8 Å². The van der Waals surface area contributed by atoms with Crippen LogP contribution in [0.4, 0.5) is 5.69 Å². The molecule has 1 atom stereocenters. The maximum Gasteiger partial charge on any atom is 0.238 e. The van der Waals surface area contributed by atoms with E-state index in [-0.39, 0.29) is 30.9 Å². The van der Waals surface area contributed by atoms with E-state index in [1.807, 2.05) is 37.4 Å². The van der Waals surface area contributed by atoms with E-state index in [1.54, 1.807) is 23.7 Å². The molecule has 0 aromatic heterocycles. The van der Waals surface area contributed by atoms with Crippen LogP contribution in [0.2, 0.25) is 0 Å². The molecular formula is C17H25N3O2S. The van der Waals surface area contributed by atoms with Crippen LogP contribution in [0, 0.1) is 5.92 Å². The standard InChI is InChI=1S/C17H25N3O2S/c1-12(13-8-9-13)18-16(21)10-20(2)11-17(22)19-14-6-4-5-7-15(14)23-3/h4-7,12-13H,8-11H2,1-3H3,(H,18,21)(H,19,22)/t12-/m1/s1. The summed E-state index contributed by atoms with van der Waals surface area (Å²) in [6, 6.07) is 7.92. The Morgan fingerprint density at radius 1 is 1.26 bits per heavy atom. The average Bonchev–Trinajstić information content (AvgIpc) is 3.31. The number of hydrogen-bond acceptors (Lipinski definition) is 4. The number of para-hydroxylation sites is 1. The van der Waals surface area contributed by atoms with E-state index in [4.69, 9.17) is 0 Å². The zero-order valence-electron chi connectivity index (χ0n) is 14.0. The van der Waals surface area contributed by atoms with E-state index in [1.165, 1.54) is 12.8 Å². The van der Waals surface area contributed by atoms with Gasteiger partial charge in [-0.15, -0.1) is 11.8 Å². The van der Waals surface area contributed by atoms with Gasteiger partial charge in [0.15, 0.2) is 0 Å². The van der Waals surface area contributed by atoms with Crippen LogP contribution in [-0.4, -0.2) is 49.1 Å². The van der Waals surface area contributed by atoms with Crippen molar-refractivity contribution in [2.45, 2.75) is 30.7 Å². The molecule has 126 valence electrons. The quantitative estimate of drug-likeness (QED) is 0.715. The second-order valence-electron chi connectivity index (χ2n) is 6.11. The molecule has 0 heterocycles. The van der Waals surface area contributed by atoms with Gasteiger partial charge in [0.25, 0.3) is 0 Å². The van der Waals surface area contributed by atoms with Crippen molar-refractivity contribution in [1.82, 2.24) is 10.2 Å². The topological polar surface area (TPSA) is 61.4 Å². The van der Waals surface area contributed by atoms with Crippen molar-refractivity contribution < 1.29 is 9.59 Å². The summed E-state index contributed by atoms with van der Waals surface area (Å²) in [5.41, 5.74) is 0.810. The Morgan fingerprint density at radius 2 is 1.91 bits per heavy atom. The van der Waals surface area contributed by atoms with Crippen molar-refractivity contribution in [3.8, 4) is 0 Å². The van der Waals surface area contributed by atoms with Crippen molar-refractivity contribution in [2.24, 2.45) is 5.92 Å². The van der Waals surface area contributed by atoms with Crippen LogP contribution in [0.25, 0.3) is 0 Å². The molecule has 2 amide bonds. The minimum atomic E-state index is -0.114. The van der Waals surface area contributed by atoms with E-state index in [0.717, 1.165) is 10.6 Å². The fraction of sp³-hybridized carbons (Fsp3) is 0.529. The molecule has 1 aliphatic carbocycles. The van der Waals surface area contributed by atoms with E-state index >= 15 is 0 Å². The Morgan fingerprint density at radius 3 is 2.57 bits per heavy atom. The molecule has 0 aliphatic heterocycles. The molecule has 0 saturated heterocycles. The maximum absolute atomic E-state index is 12.1. The first-order valence-electron chi connectivity index (χ1n) is 7.90. The Balaban J connectivity index is 1.76. The zero-order chi connectivity index (χ0) is 16.8. The highest BCUT2D eigenvalue weighted by atomic mass is 32.2. The molecule has 0 radical (unpaired) electrons. The molecule has 1 aromatic rings. The zero-order valence-corrected chi connectivity index (χ0v) is 14.8. The second-order valence-corrected chi connectivity index (χ2v) is 6.96. The summed E-state index contributed by atoms with van der Waals surface area (Å²) in [4.78, 5) is 26.8. The predicted octanol–water partition coefficient (Wildman–Crippen LogP) is 2.19. The third-order valence-corrected chi connectivity index (χ3v) is 4.72. The van der Waals surface area contributed by atoms with Gasteiger partial charge in [0.1, 0.15) is 0 Å². The number of likely N-dealkylation sites (N-methyl/N-ethyl adjacent to an activating group) is 1. The van der Waals surface area contributed by atoms with Gasteiger partial charge in [-0.25, -0.2) is 0 Å². The van der Waals surface area contributed by atoms with Crippen LogP contribution in [0.5, 0.6) is 0 Å². The molecule has 2 N–H and O–H groups in total. The SMILES string of the molecule is CSc1ccccc1NC(=O)CN(C)CC(=O)N[C@H](C)C1CC1. The first-order chi connectivity index (χ1) is 11.0. The van der Waals surface area contributed by atoms with Crippen molar-refractivity contribution >= 4 is 29.3 Å². The van der Waals surface area contributed by atoms with Gasteiger partial charge in [-0.3, -0.25) is 14.5 Å². The molecule has 5 nitrogen and oxygen atoms in total. The first kappa shape index (κ1) is 17.8. The summed E-state index contributed by atoms with van der Waals surface area (Å²) in [7, 11) is 1.78. The van der Waals surface area contributed by atoms with E-state index < -0.39 is 0 Å². The number of benzene rings is 1. The number of carbonyl (C=O) groups is 2. The van der Waals surface area contributed by atoms with Crippen LogP contribution in [0.3, 0.4) is 0 Å². The van der Waals surface area contributed by atoms with E-state index in [2.05, 4.69) is 10.6 Å². The average molecular weight is 335 g/mol. The van der Waals surface area contributed by atoms with E-state index in [0.29, 0.717) is 5.92 Å². The molecule has 0 unspecified atom stereocenters. The Hall–Kier alpha value is -1.53. The number of nitrogens with zero attached hydrogens (tertiary/aromatic N) is 1. The molecule has 0 bridgehead atoms. The third-order valence-electron chi connectivity index (χ3n) is 3.93. The van der Waals surface area contributed by atoms with Crippen LogP contribution in [0.15, 0.2) is 29.2 Å². The minimum Gasteiger partial charge on any atom is -0.352 e. The molecule has 23 heavy (non-hydrogen) atoms. The van der Waals surface area contributed by atoms with Gasteiger partial charge in [0, 0.05) is 10.9 Å². The lowest BCUT2D eigenvalue weighted by Crippen LogP contribution is -2.42. The molecule has 1 fully saturated rings. The highest BCUT2D eigenvalue weighted by molar-refractivity contribution is 7.98. The Kier molecular flexibility index (Phi) is 6.47. The summed E-state index contributed by atoms with van der Waals surface area (Å²) in [6.45, 7) is 2.46. The van der Waals surface area contributed by atoms with Crippen LogP contribution < -0.4 is 10.6 Å². The number of thioether (sulfide) groups is 1. The van der Waals surface area contributed by atoms with Crippen molar-refractivity contribution in [2.75, 3.05) is 31.7 Å². The molecule has 1 aromatic carbocycles. The number of carbonyl (C=O) groups excluding carboxylic acids is 2. The molecule has 1 aliphatic rings. The number of nitrogens with one attached hydrogen (secondary N) is 2. The normalized spacial score (nSPS) is 15.3. The van der Waals surface area contributed by atoms with Crippen molar-refractivity contribution in [1.29, 1.82) is 0 Å². The van der Waals surface area contributed by atoms with Gasteiger partial charge >= 0.3 is 0 Å². The molecule has 1 saturated carbocycles. The summed E-state index contributed by atoms with van der Waals surface area (Å²) >= 11 is 1.59. The van der Waals surface area contributed by atoms with Crippen molar-refractivity contribution in [3.63, 3.8) is 0 Å². The van der Waals surface area contributed by atoms with Gasteiger partial charge in [0.05, 0.1) is 18.8 Å². The minimum absolute atomic E-state index is 0.0239. The Bertz CT molecular complexity index is 561.